The SMILES string of the molecule is CCCCCc1ccc(-c2ccc(CC=CC=CC(=O)O)cn2)cc1. The second kappa shape index (κ2) is 10.2. The van der Waals surface area contributed by atoms with Crippen LogP contribution in [0.5, 0.6) is 0 Å². The molecule has 0 saturated heterocycles. The number of aryl methyl sites for hydroxylation is 1. The van der Waals surface area contributed by atoms with Gasteiger partial charge in [0.25, 0.3) is 0 Å². The lowest BCUT2D eigenvalue weighted by Gasteiger charge is -2.05. The number of allylic oxidation sites excluding steroid dienone is 3. The van der Waals surface area contributed by atoms with Gasteiger partial charge in [0.15, 0.2) is 0 Å². The van der Waals surface area contributed by atoms with Crippen LogP contribution < -0.4 is 0 Å². The minimum atomic E-state index is -0.938. The van der Waals surface area contributed by atoms with Crippen molar-refractivity contribution >= 4 is 5.97 Å². The Bertz CT molecular complexity index is 713. The second-order valence-electron chi connectivity index (χ2n) is 6.04. The predicted molar refractivity (Wildman–Crippen MR) is 103 cm³/mol. The summed E-state index contributed by atoms with van der Waals surface area (Å²) >= 11 is 0. The van der Waals surface area contributed by atoms with Crippen molar-refractivity contribution in [2.24, 2.45) is 0 Å². The molecular formula is C22H25NO2. The highest BCUT2D eigenvalue weighted by atomic mass is 16.4. The molecule has 2 aromatic rings. The van der Waals surface area contributed by atoms with Crippen molar-refractivity contribution in [1.29, 1.82) is 0 Å². The Morgan fingerprint density at radius 3 is 2.44 bits per heavy atom. The Labute approximate surface area is 149 Å². The van der Waals surface area contributed by atoms with Gasteiger partial charge in [0, 0.05) is 17.8 Å². The topological polar surface area (TPSA) is 50.2 Å². The summed E-state index contributed by atoms with van der Waals surface area (Å²) < 4.78 is 0. The quantitative estimate of drug-likeness (QED) is 0.388. The summed E-state index contributed by atoms with van der Waals surface area (Å²) in [6.07, 6.45) is 13.8. The molecule has 25 heavy (non-hydrogen) atoms. The van der Waals surface area contributed by atoms with Crippen LogP contribution in [0.1, 0.15) is 37.3 Å². The largest absolute Gasteiger partial charge is 0.478 e. The third-order valence-electron chi connectivity index (χ3n) is 3.98. The summed E-state index contributed by atoms with van der Waals surface area (Å²) in [5.74, 6) is -0.938. The smallest absolute Gasteiger partial charge is 0.328 e. The van der Waals surface area contributed by atoms with Crippen LogP contribution in [-0.4, -0.2) is 16.1 Å². The number of nitrogens with zero attached hydrogens (tertiary/aromatic N) is 1. The van der Waals surface area contributed by atoms with E-state index in [1.165, 1.54) is 30.9 Å². The summed E-state index contributed by atoms with van der Waals surface area (Å²) in [5, 5.41) is 8.51. The minimum absolute atomic E-state index is 0.730. The van der Waals surface area contributed by atoms with Crippen molar-refractivity contribution in [2.75, 3.05) is 0 Å². The molecule has 0 aliphatic carbocycles. The number of benzene rings is 1. The van der Waals surface area contributed by atoms with Gasteiger partial charge in [0.2, 0.25) is 0 Å². The van der Waals surface area contributed by atoms with Crippen molar-refractivity contribution in [3.8, 4) is 11.3 Å². The molecule has 0 radical (unpaired) electrons. The molecule has 0 aliphatic heterocycles. The molecule has 0 fully saturated rings. The first kappa shape index (κ1) is 18.7. The molecule has 0 saturated carbocycles. The summed E-state index contributed by atoms with van der Waals surface area (Å²) in [6, 6.07) is 12.8. The first-order valence-electron chi connectivity index (χ1n) is 8.79. The van der Waals surface area contributed by atoms with E-state index in [0.29, 0.717) is 0 Å². The van der Waals surface area contributed by atoms with Gasteiger partial charge in [0.1, 0.15) is 0 Å². The van der Waals surface area contributed by atoms with Crippen LogP contribution in [-0.2, 0) is 17.6 Å². The summed E-state index contributed by atoms with van der Waals surface area (Å²) in [7, 11) is 0. The number of carboxylic acids is 1. The van der Waals surface area contributed by atoms with E-state index in [-0.39, 0.29) is 0 Å². The van der Waals surface area contributed by atoms with Crippen LogP contribution >= 0.6 is 0 Å². The second-order valence-corrected chi connectivity index (χ2v) is 6.04. The molecule has 1 N–H and O–H groups in total. The van der Waals surface area contributed by atoms with E-state index in [2.05, 4.69) is 42.2 Å². The van der Waals surface area contributed by atoms with Gasteiger partial charge in [-0.3, -0.25) is 4.98 Å². The van der Waals surface area contributed by atoms with Gasteiger partial charge < -0.3 is 5.11 Å². The van der Waals surface area contributed by atoms with E-state index >= 15 is 0 Å². The van der Waals surface area contributed by atoms with Crippen LogP contribution in [0.15, 0.2) is 66.9 Å². The highest BCUT2D eigenvalue weighted by Gasteiger charge is 2.00. The third kappa shape index (κ3) is 6.76. The summed E-state index contributed by atoms with van der Waals surface area (Å²) in [5.41, 5.74) is 4.58. The average Bonchev–Trinajstić information content (AvgIpc) is 2.63. The average molecular weight is 335 g/mol. The van der Waals surface area contributed by atoms with Crippen molar-refractivity contribution in [1.82, 2.24) is 4.98 Å². The van der Waals surface area contributed by atoms with Gasteiger partial charge in [-0.15, -0.1) is 0 Å². The molecule has 0 spiro atoms. The maximum absolute atomic E-state index is 10.4. The van der Waals surface area contributed by atoms with E-state index in [4.69, 9.17) is 5.11 Å². The van der Waals surface area contributed by atoms with Gasteiger partial charge in [-0.25, -0.2) is 4.79 Å². The highest BCUT2D eigenvalue weighted by Crippen LogP contribution is 2.19. The van der Waals surface area contributed by atoms with Gasteiger partial charge >= 0.3 is 5.97 Å². The molecule has 0 atom stereocenters. The first-order chi connectivity index (χ1) is 12.2. The number of aromatic nitrogens is 1. The monoisotopic (exact) mass is 335 g/mol. The molecule has 0 aliphatic rings. The first-order valence-corrected chi connectivity index (χ1v) is 8.79. The van der Waals surface area contributed by atoms with Crippen LogP contribution in [0.4, 0.5) is 0 Å². The Hall–Kier alpha value is -2.68. The third-order valence-corrected chi connectivity index (χ3v) is 3.98. The van der Waals surface area contributed by atoms with E-state index in [0.717, 1.165) is 35.7 Å². The fraction of sp³-hybridized carbons (Fsp3) is 0.273. The lowest BCUT2D eigenvalue weighted by atomic mass is 10.0. The maximum atomic E-state index is 10.4. The zero-order chi connectivity index (χ0) is 17.9. The molecule has 3 nitrogen and oxygen atoms in total. The van der Waals surface area contributed by atoms with Crippen LogP contribution in [0.25, 0.3) is 11.3 Å². The predicted octanol–water partition coefficient (Wildman–Crippen LogP) is 5.22. The van der Waals surface area contributed by atoms with Gasteiger partial charge in [-0.05, 0) is 36.5 Å². The van der Waals surface area contributed by atoms with Crippen LogP contribution in [0.2, 0.25) is 0 Å². The van der Waals surface area contributed by atoms with E-state index in [1.54, 1.807) is 6.08 Å². The summed E-state index contributed by atoms with van der Waals surface area (Å²) in [6.45, 7) is 2.22. The van der Waals surface area contributed by atoms with Gasteiger partial charge in [0.05, 0.1) is 5.69 Å². The zero-order valence-corrected chi connectivity index (χ0v) is 14.7. The van der Waals surface area contributed by atoms with Crippen molar-refractivity contribution in [3.63, 3.8) is 0 Å². The van der Waals surface area contributed by atoms with E-state index in [9.17, 15) is 4.79 Å². The van der Waals surface area contributed by atoms with Crippen LogP contribution in [0.3, 0.4) is 0 Å². The minimum Gasteiger partial charge on any atom is -0.478 e. The molecule has 1 heterocycles. The molecule has 0 bridgehead atoms. The van der Waals surface area contributed by atoms with Crippen LogP contribution in [0, 0.1) is 0 Å². The number of pyridine rings is 1. The van der Waals surface area contributed by atoms with Crippen molar-refractivity contribution in [2.45, 2.75) is 39.0 Å². The Morgan fingerprint density at radius 2 is 1.80 bits per heavy atom. The molecule has 1 aromatic carbocycles. The number of hydrogen-bond donors (Lipinski definition) is 1. The molecule has 2 rings (SSSR count). The Morgan fingerprint density at radius 1 is 1.04 bits per heavy atom. The maximum Gasteiger partial charge on any atom is 0.328 e. The summed E-state index contributed by atoms with van der Waals surface area (Å²) in [4.78, 5) is 14.9. The Kier molecular flexibility index (Phi) is 7.64. The fourth-order valence-electron chi connectivity index (χ4n) is 2.56. The standard InChI is InChI=1S/C22H25NO2/c1-2-3-5-8-18-11-14-20(15-12-18)21-16-13-19(17-23-21)9-6-4-7-10-22(24)25/h4,6-7,10-17H,2-3,5,8-9H2,1H3,(H,24,25). The molecule has 3 heteroatoms. The molecule has 130 valence electrons. The van der Waals surface area contributed by atoms with Crippen molar-refractivity contribution in [3.05, 3.63) is 78.0 Å². The molecule has 0 unspecified atom stereocenters. The van der Waals surface area contributed by atoms with E-state index in [1.807, 2.05) is 18.3 Å². The highest BCUT2D eigenvalue weighted by molar-refractivity contribution is 5.80. The molecule has 1 aromatic heterocycles. The molecule has 0 amide bonds. The van der Waals surface area contributed by atoms with Gasteiger partial charge in [-0.2, -0.15) is 0 Å². The number of unbranched alkanes of at least 4 members (excludes halogenated alkanes) is 2. The van der Waals surface area contributed by atoms with E-state index < -0.39 is 5.97 Å². The number of aliphatic carboxylic acids is 1. The van der Waals surface area contributed by atoms with Crippen molar-refractivity contribution < 1.29 is 9.90 Å². The Balaban J connectivity index is 1.91. The zero-order valence-electron chi connectivity index (χ0n) is 14.7. The lowest BCUT2D eigenvalue weighted by molar-refractivity contribution is -0.131. The molecular weight excluding hydrogens is 310 g/mol. The number of carboxylic acid groups (broad SMARTS) is 1. The van der Waals surface area contributed by atoms with Gasteiger partial charge in [-0.1, -0.05) is 68.3 Å². The lowest BCUT2D eigenvalue weighted by Crippen LogP contribution is -1.89. The number of hydrogen-bond acceptors (Lipinski definition) is 2. The number of carbonyl (C=O) groups is 1. The number of rotatable bonds is 9. The normalized spacial score (nSPS) is 11.4. The fourth-order valence-corrected chi connectivity index (χ4v) is 2.56.